The molecule has 0 aliphatic carbocycles. The standard InChI is InChI=1S/C24H29NO5/c1-16(2)24(19-8-11-21-22(15-19)30-14-13-29-21)25-23(27)5-4-12-28-20-9-6-18(7-10-20)17(3)26/h6-11,15-16,24H,4-5,12-14H2,1-3H3,(H,25,27). The normalized spacial score (nSPS) is 13.6. The summed E-state index contributed by atoms with van der Waals surface area (Å²) in [7, 11) is 0. The molecule has 0 saturated heterocycles. The lowest BCUT2D eigenvalue weighted by atomic mass is 9.95. The second-order valence-electron chi connectivity index (χ2n) is 7.72. The molecule has 6 nitrogen and oxygen atoms in total. The van der Waals surface area contributed by atoms with Crippen LogP contribution in [0.15, 0.2) is 42.5 Å². The van der Waals surface area contributed by atoms with Crippen LogP contribution in [0.3, 0.4) is 0 Å². The fourth-order valence-electron chi connectivity index (χ4n) is 3.34. The number of hydrogen-bond donors (Lipinski definition) is 1. The Kier molecular flexibility index (Phi) is 7.33. The second-order valence-corrected chi connectivity index (χ2v) is 7.72. The van der Waals surface area contributed by atoms with Gasteiger partial charge in [0.2, 0.25) is 5.91 Å². The molecule has 1 atom stereocenters. The molecule has 2 aromatic carbocycles. The first kappa shape index (κ1) is 21.7. The molecule has 160 valence electrons. The lowest BCUT2D eigenvalue weighted by Gasteiger charge is -2.25. The van der Waals surface area contributed by atoms with Crippen molar-refractivity contribution in [1.29, 1.82) is 0 Å². The summed E-state index contributed by atoms with van der Waals surface area (Å²) in [4.78, 5) is 23.8. The third-order valence-electron chi connectivity index (χ3n) is 4.99. The van der Waals surface area contributed by atoms with E-state index in [-0.39, 0.29) is 23.7 Å². The fraction of sp³-hybridized carbons (Fsp3) is 0.417. The second kappa shape index (κ2) is 10.1. The van der Waals surface area contributed by atoms with Crippen molar-refractivity contribution < 1.29 is 23.8 Å². The Morgan fingerprint density at radius 3 is 2.40 bits per heavy atom. The summed E-state index contributed by atoms with van der Waals surface area (Å²) < 4.78 is 16.9. The molecule has 1 unspecified atom stereocenters. The molecule has 0 bridgehead atoms. The van der Waals surface area contributed by atoms with E-state index in [1.54, 1.807) is 24.3 Å². The van der Waals surface area contributed by atoms with Gasteiger partial charge in [0, 0.05) is 12.0 Å². The van der Waals surface area contributed by atoms with Gasteiger partial charge in [-0.3, -0.25) is 9.59 Å². The number of ketones is 1. The van der Waals surface area contributed by atoms with E-state index in [0.717, 1.165) is 17.1 Å². The maximum absolute atomic E-state index is 12.5. The van der Waals surface area contributed by atoms with Crippen LogP contribution in [0.4, 0.5) is 0 Å². The molecule has 0 spiro atoms. The van der Waals surface area contributed by atoms with Gasteiger partial charge in [-0.15, -0.1) is 0 Å². The largest absolute Gasteiger partial charge is 0.494 e. The van der Waals surface area contributed by atoms with Crippen molar-refractivity contribution >= 4 is 11.7 Å². The van der Waals surface area contributed by atoms with Gasteiger partial charge in [0.05, 0.1) is 12.6 Å². The lowest BCUT2D eigenvalue weighted by molar-refractivity contribution is -0.122. The van der Waals surface area contributed by atoms with Crippen molar-refractivity contribution in [1.82, 2.24) is 5.32 Å². The average Bonchev–Trinajstić information content (AvgIpc) is 2.75. The van der Waals surface area contributed by atoms with Crippen LogP contribution in [0.5, 0.6) is 17.2 Å². The zero-order valence-corrected chi connectivity index (χ0v) is 17.8. The summed E-state index contributed by atoms with van der Waals surface area (Å²) in [5.41, 5.74) is 1.66. The van der Waals surface area contributed by atoms with Gasteiger partial charge in [0.15, 0.2) is 17.3 Å². The van der Waals surface area contributed by atoms with Gasteiger partial charge in [-0.05, 0) is 61.2 Å². The molecule has 0 saturated carbocycles. The minimum Gasteiger partial charge on any atom is -0.494 e. The quantitative estimate of drug-likeness (QED) is 0.491. The van der Waals surface area contributed by atoms with Crippen LogP contribution in [0.25, 0.3) is 0 Å². The third-order valence-corrected chi connectivity index (χ3v) is 4.99. The van der Waals surface area contributed by atoms with Gasteiger partial charge in [-0.2, -0.15) is 0 Å². The molecule has 1 aliphatic rings. The molecule has 3 rings (SSSR count). The van der Waals surface area contributed by atoms with Crippen LogP contribution in [0.1, 0.15) is 55.6 Å². The number of carbonyl (C=O) groups excluding carboxylic acids is 2. The molecule has 1 heterocycles. The van der Waals surface area contributed by atoms with Crippen molar-refractivity contribution in [2.24, 2.45) is 5.92 Å². The molecule has 0 fully saturated rings. The predicted octanol–water partition coefficient (Wildman–Crippen LogP) is 4.33. The van der Waals surface area contributed by atoms with Crippen molar-refractivity contribution in [3.63, 3.8) is 0 Å². The van der Waals surface area contributed by atoms with E-state index in [9.17, 15) is 9.59 Å². The number of carbonyl (C=O) groups is 2. The highest BCUT2D eigenvalue weighted by molar-refractivity contribution is 5.94. The number of Topliss-reactive ketones (excluding diaryl/α,β-unsaturated/α-hetero) is 1. The first-order valence-electron chi connectivity index (χ1n) is 10.4. The number of hydrogen-bond acceptors (Lipinski definition) is 5. The van der Waals surface area contributed by atoms with Crippen molar-refractivity contribution in [2.75, 3.05) is 19.8 Å². The van der Waals surface area contributed by atoms with Crippen LogP contribution in [0, 0.1) is 5.92 Å². The van der Waals surface area contributed by atoms with Crippen LogP contribution in [0.2, 0.25) is 0 Å². The lowest BCUT2D eigenvalue weighted by Crippen LogP contribution is -2.32. The van der Waals surface area contributed by atoms with E-state index in [4.69, 9.17) is 14.2 Å². The highest BCUT2D eigenvalue weighted by atomic mass is 16.6. The molecule has 1 N–H and O–H groups in total. The Morgan fingerprint density at radius 1 is 1.03 bits per heavy atom. The fourth-order valence-corrected chi connectivity index (χ4v) is 3.34. The molecule has 1 aliphatic heterocycles. The van der Waals surface area contributed by atoms with Crippen LogP contribution in [-0.2, 0) is 4.79 Å². The van der Waals surface area contributed by atoms with Gasteiger partial charge in [0.25, 0.3) is 0 Å². The summed E-state index contributed by atoms with van der Waals surface area (Å²) in [6, 6.07) is 12.8. The molecule has 0 radical (unpaired) electrons. The topological polar surface area (TPSA) is 73.9 Å². The first-order chi connectivity index (χ1) is 14.4. The monoisotopic (exact) mass is 411 g/mol. The zero-order chi connectivity index (χ0) is 21.5. The van der Waals surface area contributed by atoms with Crippen LogP contribution < -0.4 is 19.5 Å². The van der Waals surface area contributed by atoms with E-state index in [1.165, 1.54) is 6.92 Å². The van der Waals surface area contributed by atoms with E-state index < -0.39 is 0 Å². The first-order valence-corrected chi connectivity index (χ1v) is 10.4. The van der Waals surface area contributed by atoms with Crippen molar-refractivity contribution in [3.05, 3.63) is 53.6 Å². The Balaban J connectivity index is 1.49. The Morgan fingerprint density at radius 2 is 1.73 bits per heavy atom. The summed E-state index contributed by atoms with van der Waals surface area (Å²) in [5, 5.41) is 3.13. The summed E-state index contributed by atoms with van der Waals surface area (Å²) in [6.45, 7) is 7.21. The molecule has 6 heteroatoms. The van der Waals surface area contributed by atoms with Gasteiger partial charge in [0.1, 0.15) is 19.0 Å². The van der Waals surface area contributed by atoms with Crippen molar-refractivity contribution in [2.45, 2.75) is 39.7 Å². The van der Waals surface area contributed by atoms with Gasteiger partial charge in [-0.25, -0.2) is 0 Å². The van der Waals surface area contributed by atoms with E-state index in [0.29, 0.717) is 44.0 Å². The Bertz CT molecular complexity index is 876. The molecule has 30 heavy (non-hydrogen) atoms. The molecule has 1 amide bonds. The molecule has 2 aromatic rings. The van der Waals surface area contributed by atoms with Crippen LogP contribution >= 0.6 is 0 Å². The summed E-state index contributed by atoms with van der Waals surface area (Å²) in [5.74, 6) is 2.40. The van der Waals surface area contributed by atoms with Crippen LogP contribution in [-0.4, -0.2) is 31.5 Å². The number of benzene rings is 2. The van der Waals surface area contributed by atoms with Gasteiger partial charge < -0.3 is 19.5 Å². The number of ether oxygens (including phenoxy) is 3. The highest BCUT2D eigenvalue weighted by Gasteiger charge is 2.21. The number of nitrogens with one attached hydrogen (secondary N) is 1. The van der Waals surface area contributed by atoms with E-state index in [2.05, 4.69) is 19.2 Å². The molecular formula is C24H29NO5. The Hall–Kier alpha value is -3.02. The maximum Gasteiger partial charge on any atom is 0.220 e. The molecule has 0 aromatic heterocycles. The smallest absolute Gasteiger partial charge is 0.220 e. The highest BCUT2D eigenvalue weighted by Crippen LogP contribution is 2.34. The SMILES string of the molecule is CC(=O)c1ccc(OCCCC(=O)NC(c2ccc3c(c2)OCCO3)C(C)C)cc1. The van der Waals surface area contributed by atoms with Crippen molar-refractivity contribution in [3.8, 4) is 17.2 Å². The average molecular weight is 411 g/mol. The molecular weight excluding hydrogens is 382 g/mol. The third kappa shape index (κ3) is 5.75. The predicted molar refractivity (Wildman–Crippen MR) is 114 cm³/mol. The number of rotatable bonds is 9. The summed E-state index contributed by atoms with van der Waals surface area (Å²) >= 11 is 0. The minimum atomic E-state index is -0.103. The summed E-state index contributed by atoms with van der Waals surface area (Å²) in [6.07, 6.45) is 0.978. The number of amides is 1. The van der Waals surface area contributed by atoms with E-state index >= 15 is 0 Å². The maximum atomic E-state index is 12.5. The number of fused-ring (bicyclic) bond motifs is 1. The van der Waals surface area contributed by atoms with Gasteiger partial charge in [-0.1, -0.05) is 19.9 Å². The van der Waals surface area contributed by atoms with Gasteiger partial charge >= 0.3 is 0 Å². The van der Waals surface area contributed by atoms with E-state index in [1.807, 2.05) is 18.2 Å². The zero-order valence-electron chi connectivity index (χ0n) is 17.8. The minimum absolute atomic E-state index is 0.0147. The Labute approximate surface area is 177 Å².